The van der Waals surface area contributed by atoms with E-state index in [0.29, 0.717) is 26.2 Å². The van der Waals surface area contributed by atoms with Crippen LogP contribution < -0.4 is 10.3 Å². The molecule has 5 nitrogen and oxygen atoms in total. The lowest BCUT2D eigenvalue weighted by atomic mass is 9.79. The second-order valence-corrected chi connectivity index (χ2v) is 7.21. The standard InChI is InChI=1S/C21H22FN3O2/c1-15-12-20(26)25(24-15)19-8-6-18(7-9-19)23-13-21(10-11-27-14-21)16-2-4-17(22)5-3-16/h2-9,23H,10-14H2,1H3/t21-/m1/s1. The molecule has 2 aromatic rings. The van der Waals surface area contributed by atoms with E-state index in [9.17, 15) is 9.18 Å². The number of amides is 1. The zero-order valence-electron chi connectivity index (χ0n) is 15.2. The number of hydrazone groups is 1. The molecule has 0 saturated carbocycles. The molecule has 2 aliphatic rings. The third-order valence-electron chi connectivity index (χ3n) is 5.22. The topological polar surface area (TPSA) is 53.9 Å². The number of hydrogen-bond acceptors (Lipinski definition) is 4. The first kappa shape index (κ1) is 17.7. The van der Waals surface area contributed by atoms with Gasteiger partial charge in [-0.05, 0) is 55.3 Å². The van der Waals surface area contributed by atoms with E-state index in [1.165, 1.54) is 17.1 Å². The summed E-state index contributed by atoms with van der Waals surface area (Å²) in [7, 11) is 0. The van der Waals surface area contributed by atoms with Crippen molar-refractivity contribution in [2.75, 3.05) is 30.1 Å². The van der Waals surface area contributed by atoms with Gasteiger partial charge in [0.1, 0.15) is 5.82 Å². The molecule has 6 heteroatoms. The van der Waals surface area contributed by atoms with Gasteiger partial charge in [0, 0.05) is 30.0 Å². The fraction of sp³-hybridized carbons (Fsp3) is 0.333. The molecule has 1 saturated heterocycles. The Labute approximate surface area is 157 Å². The van der Waals surface area contributed by atoms with Crippen LogP contribution in [-0.4, -0.2) is 31.4 Å². The molecule has 4 rings (SSSR count). The zero-order valence-corrected chi connectivity index (χ0v) is 15.2. The average Bonchev–Trinajstić information content (AvgIpc) is 3.28. The average molecular weight is 367 g/mol. The van der Waals surface area contributed by atoms with Gasteiger partial charge in [0.15, 0.2) is 0 Å². The van der Waals surface area contributed by atoms with E-state index in [2.05, 4.69) is 10.4 Å². The Morgan fingerprint density at radius 1 is 1.19 bits per heavy atom. The van der Waals surface area contributed by atoms with Crippen LogP contribution in [0.5, 0.6) is 0 Å². The summed E-state index contributed by atoms with van der Waals surface area (Å²) in [6.07, 6.45) is 1.26. The molecule has 0 bridgehead atoms. The third kappa shape index (κ3) is 3.57. The number of nitrogens with zero attached hydrogens (tertiary/aromatic N) is 2. The number of carbonyl (C=O) groups is 1. The van der Waals surface area contributed by atoms with Crippen LogP contribution in [0.4, 0.5) is 15.8 Å². The Morgan fingerprint density at radius 2 is 1.93 bits per heavy atom. The van der Waals surface area contributed by atoms with E-state index < -0.39 is 0 Å². The molecule has 2 aromatic carbocycles. The summed E-state index contributed by atoms with van der Waals surface area (Å²) in [5.41, 5.74) is 3.46. The smallest absolute Gasteiger partial charge is 0.253 e. The normalized spacial score (nSPS) is 22.2. The Kier molecular flexibility index (Phi) is 4.66. The molecule has 2 heterocycles. The van der Waals surface area contributed by atoms with Crippen LogP contribution in [0.1, 0.15) is 25.3 Å². The maximum absolute atomic E-state index is 13.3. The minimum absolute atomic E-state index is 0.00780. The van der Waals surface area contributed by atoms with Gasteiger partial charge in [-0.3, -0.25) is 4.79 Å². The molecule has 1 fully saturated rings. The van der Waals surface area contributed by atoms with Crippen LogP contribution >= 0.6 is 0 Å². The van der Waals surface area contributed by atoms with Crippen LogP contribution in [0.2, 0.25) is 0 Å². The van der Waals surface area contributed by atoms with E-state index in [-0.39, 0.29) is 17.1 Å². The van der Waals surface area contributed by atoms with Gasteiger partial charge >= 0.3 is 0 Å². The fourth-order valence-electron chi connectivity index (χ4n) is 3.63. The third-order valence-corrected chi connectivity index (χ3v) is 5.22. The van der Waals surface area contributed by atoms with Crippen molar-refractivity contribution in [2.24, 2.45) is 5.10 Å². The van der Waals surface area contributed by atoms with Gasteiger partial charge in [0.25, 0.3) is 5.91 Å². The molecular weight excluding hydrogens is 345 g/mol. The number of ether oxygens (including phenoxy) is 1. The van der Waals surface area contributed by atoms with Gasteiger partial charge in [-0.25, -0.2) is 9.40 Å². The minimum atomic E-state index is -0.231. The molecule has 0 aliphatic carbocycles. The van der Waals surface area contributed by atoms with Crippen molar-refractivity contribution < 1.29 is 13.9 Å². The zero-order chi connectivity index (χ0) is 18.9. The van der Waals surface area contributed by atoms with Crippen molar-refractivity contribution in [3.05, 3.63) is 59.9 Å². The first-order valence-corrected chi connectivity index (χ1v) is 9.11. The van der Waals surface area contributed by atoms with Crippen LogP contribution in [0.3, 0.4) is 0 Å². The predicted octanol–water partition coefficient (Wildman–Crippen LogP) is 3.71. The molecule has 1 atom stereocenters. The lowest BCUT2D eigenvalue weighted by Gasteiger charge is -2.29. The lowest BCUT2D eigenvalue weighted by molar-refractivity contribution is -0.116. The van der Waals surface area contributed by atoms with E-state index in [1.807, 2.05) is 43.3 Å². The van der Waals surface area contributed by atoms with E-state index >= 15 is 0 Å². The second-order valence-electron chi connectivity index (χ2n) is 7.21. The molecule has 0 radical (unpaired) electrons. The quantitative estimate of drug-likeness (QED) is 0.877. The van der Waals surface area contributed by atoms with Gasteiger partial charge in [-0.2, -0.15) is 5.10 Å². The van der Waals surface area contributed by atoms with Crippen molar-refractivity contribution in [3.8, 4) is 0 Å². The molecule has 27 heavy (non-hydrogen) atoms. The summed E-state index contributed by atoms with van der Waals surface area (Å²) in [4.78, 5) is 11.9. The molecule has 1 N–H and O–H groups in total. The van der Waals surface area contributed by atoms with Gasteiger partial charge in [0.2, 0.25) is 0 Å². The number of hydrogen-bond donors (Lipinski definition) is 1. The van der Waals surface area contributed by atoms with Crippen molar-refractivity contribution in [1.29, 1.82) is 0 Å². The lowest BCUT2D eigenvalue weighted by Crippen LogP contribution is -2.35. The van der Waals surface area contributed by atoms with Gasteiger partial charge in [0.05, 0.1) is 18.7 Å². The van der Waals surface area contributed by atoms with E-state index in [4.69, 9.17) is 4.74 Å². The molecule has 0 spiro atoms. The maximum Gasteiger partial charge on any atom is 0.253 e. The molecule has 1 amide bonds. The number of halogens is 1. The van der Waals surface area contributed by atoms with E-state index in [0.717, 1.165) is 29.1 Å². The number of carbonyl (C=O) groups excluding carboxylic acids is 1. The van der Waals surface area contributed by atoms with Crippen molar-refractivity contribution >= 4 is 23.0 Å². The maximum atomic E-state index is 13.3. The van der Waals surface area contributed by atoms with Gasteiger partial charge in [-0.15, -0.1) is 0 Å². The number of rotatable bonds is 5. The SMILES string of the molecule is CC1=NN(c2ccc(NC[C@]3(c4ccc(F)cc4)CCOC3)cc2)C(=O)C1. The Hall–Kier alpha value is -2.73. The van der Waals surface area contributed by atoms with Crippen molar-refractivity contribution in [1.82, 2.24) is 0 Å². The molecule has 0 unspecified atom stereocenters. The first-order chi connectivity index (χ1) is 13.1. The van der Waals surface area contributed by atoms with Crippen molar-refractivity contribution in [3.63, 3.8) is 0 Å². The number of anilines is 2. The highest BCUT2D eigenvalue weighted by molar-refractivity contribution is 6.12. The molecule has 2 aliphatic heterocycles. The van der Waals surface area contributed by atoms with Crippen LogP contribution in [-0.2, 0) is 14.9 Å². The van der Waals surface area contributed by atoms with Crippen LogP contribution in [0, 0.1) is 5.82 Å². The molecule has 140 valence electrons. The Balaban J connectivity index is 1.47. The summed E-state index contributed by atoms with van der Waals surface area (Å²) in [5.74, 6) is -0.239. The Bertz CT molecular complexity index is 856. The van der Waals surface area contributed by atoms with Crippen LogP contribution in [0.15, 0.2) is 53.6 Å². The Morgan fingerprint density at radius 3 is 2.52 bits per heavy atom. The van der Waals surface area contributed by atoms with E-state index in [1.54, 1.807) is 0 Å². The highest BCUT2D eigenvalue weighted by Gasteiger charge is 2.36. The van der Waals surface area contributed by atoms with Crippen LogP contribution in [0.25, 0.3) is 0 Å². The summed E-state index contributed by atoms with van der Waals surface area (Å²) in [6, 6.07) is 14.3. The number of benzene rings is 2. The number of nitrogens with one attached hydrogen (secondary N) is 1. The minimum Gasteiger partial charge on any atom is -0.384 e. The van der Waals surface area contributed by atoms with Gasteiger partial charge < -0.3 is 10.1 Å². The predicted molar refractivity (Wildman–Crippen MR) is 104 cm³/mol. The highest BCUT2D eigenvalue weighted by atomic mass is 19.1. The van der Waals surface area contributed by atoms with Gasteiger partial charge in [-0.1, -0.05) is 12.1 Å². The summed E-state index contributed by atoms with van der Waals surface area (Å²) < 4.78 is 18.9. The van der Waals surface area contributed by atoms with Crippen molar-refractivity contribution in [2.45, 2.75) is 25.2 Å². The highest BCUT2D eigenvalue weighted by Crippen LogP contribution is 2.34. The molecule has 0 aromatic heterocycles. The second kappa shape index (κ2) is 7.12. The first-order valence-electron chi connectivity index (χ1n) is 9.11. The summed E-state index contributed by atoms with van der Waals surface area (Å²) in [6.45, 7) is 3.86. The summed E-state index contributed by atoms with van der Waals surface area (Å²) in [5, 5.41) is 9.18. The summed E-state index contributed by atoms with van der Waals surface area (Å²) >= 11 is 0. The fourth-order valence-corrected chi connectivity index (χ4v) is 3.63. The monoisotopic (exact) mass is 367 g/mol. The molecular formula is C21H22FN3O2. The largest absolute Gasteiger partial charge is 0.384 e.